The first-order chi connectivity index (χ1) is 27.1. The lowest BCUT2D eigenvalue weighted by Gasteiger charge is -2.13. The van der Waals surface area contributed by atoms with Gasteiger partial charge in [-0.2, -0.15) is 10.5 Å². The van der Waals surface area contributed by atoms with Crippen LogP contribution in [0, 0.1) is 29.2 Å². The van der Waals surface area contributed by atoms with Gasteiger partial charge in [0.1, 0.15) is 0 Å². The van der Waals surface area contributed by atoms with E-state index < -0.39 is 0 Å². The predicted octanol–water partition coefficient (Wildman–Crippen LogP) is 11.6. The molecule has 0 saturated carbocycles. The van der Waals surface area contributed by atoms with Crippen LogP contribution in [0.4, 0.5) is 5.69 Å². The zero-order valence-corrected chi connectivity index (χ0v) is 29.2. The maximum absolute atomic E-state index is 9.38. The van der Waals surface area contributed by atoms with Crippen molar-refractivity contribution in [2.75, 3.05) is 0 Å². The molecule has 9 rings (SSSR count). The molecule has 0 spiro atoms. The minimum atomic E-state index is 0.410. The molecule has 0 amide bonds. The molecule has 0 saturated heterocycles. The third-order valence-electron chi connectivity index (χ3n) is 9.76. The lowest BCUT2D eigenvalue weighted by atomic mass is 9.99. The molecule has 0 aliphatic rings. The van der Waals surface area contributed by atoms with Crippen molar-refractivity contribution in [1.82, 2.24) is 19.5 Å². The highest BCUT2D eigenvalue weighted by molar-refractivity contribution is 6.11. The Balaban J connectivity index is 1.26. The molecule has 0 bridgehead atoms. The molecule has 0 N–H and O–H groups in total. The van der Waals surface area contributed by atoms with E-state index in [1.807, 2.05) is 127 Å². The van der Waals surface area contributed by atoms with Crippen molar-refractivity contribution >= 4 is 27.5 Å². The van der Waals surface area contributed by atoms with Crippen LogP contribution in [-0.2, 0) is 0 Å². The van der Waals surface area contributed by atoms with E-state index in [1.165, 1.54) is 0 Å². The summed E-state index contributed by atoms with van der Waals surface area (Å²) in [6.45, 7) is 8.15. The average Bonchev–Trinajstić information content (AvgIpc) is 3.59. The van der Waals surface area contributed by atoms with Crippen molar-refractivity contribution in [3.8, 4) is 74.2 Å². The molecule has 0 aliphatic heterocycles. The molecule has 9 aromatic rings. The van der Waals surface area contributed by atoms with E-state index in [-0.39, 0.29) is 0 Å². The summed E-state index contributed by atoms with van der Waals surface area (Å²) >= 11 is 0. The van der Waals surface area contributed by atoms with Gasteiger partial charge in [-0.25, -0.2) is 19.8 Å². The Labute approximate surface area is 317 Å². The van der Waals surface area contributed by atoms with Crippen LogP contribution in [0.1, 0.15) is 11.1 Å². The van der Waals surface area contributed by atoms with Gasteiger partial charge in [-0.15, -0.1) is 0 Å². The lowest BCUT2D eigenvalue weighted by molar-refractivity contribution is 1.07. The molecule has 7 aromatic carbocycles. The van der Waals surface area contributed by atoms with Gasteiger partial charge in [-0.3, -0.25) is 0 Å². The molecule has 0 radical (unpaired) electrons. The Morgan fingerprint density at radius 1 is 0.455 bits per heavy atom. The topological polar surface area (TPSA) is 95.5 Å². The molecular formula is C48H27N7. The number of hydrogen-bond donors (Lipinski definition) is 0. The molecule has 0 aliphatic carbocycles. The van der Waals surface area contributed by atoms with Gasteiger partial charge >= 0.3 is 0 Å². The number of nitriles is 2. The van der Waals surface area contributed by atoms with E-state index in [0.29, 0.717) is 39.9 Å². The van der Waals surface area contributed by atoms with E-state index in [0.717, 1.165) is 60.9 Å². The number of hydrogen-bond acceptors (Lipinski definition) is 5. The maximum atomic E-state index is 9.38. The molecule has 7 heteroatoms. The first-order valence-corrected chi connectivity index (χ1v) is 17.6. The summed E-state index contributed by atoms with van der Waals surface area (Å²) in [5, 5.41) is 20.8. The van der Waals surface area contributed by atoms with Crippen molar-refractivity contribution in [1.29, 1.82) is 10.5 Å². The van der Waals surface area contributed by atoms with Gasteiger partial charge in [0.05, 0.1) is 40.9 Å². The van der Waals surface area contributed by atoms with E-state index in [2.05, 4.69) is 57.9 Å². The third-order valence-corrected chi connectivity index (χ3v) is 9.76. The highest BCUT2D eigenvalue weighted by atomic mass is 15.0. The fourth-order valence-electron chi connectivity index (χ4n) is 7.00. The van der Waals surface area contributed by atoms with Crippen LogP contribution in [0.2, 0.25) is 0 Å². The summed E-state index contributed by atoms with van der Waals surface area (Å²) in [6.07, 6.45) is 0. The van der Waals surface area contributed by atoms with Crippen LogP contribution in [0.3, 0.4) is 0 Å². The average molecular weight is 702 g/mol. The van der Waals surface area contributed by atoms with E-state index >= 15 is 0 Å². The van der Waals surface area contributed by atoms with E-state index in [4.69, 9.17) is 21.5 Å². The maximum Gasteiger partial charge on any atom is 0.198 e. The third kappa shape index (κ3) is 6.03. The van der Waals surface area contributed by atoms with Gasteiger partial charge in [0.2, 0.25) is 0 Å². The quantitative estimate of drug-likeness (QED) is 0.161. The molecular weight excluding hydrogens is 675 g/mol. The first-order valence-electron chi connectivity index (χ1n) is 17.6. The molecule has 254 valence electrons. The minimum absolute atomic E-state index is 0.410. The van der Waals surface area contributed by atoms with Crippen molar-refractivity contribution in [3.05, 3.63) is 186 Å². The predicted molar refractivity (Wildman–Crippen MR) is 217 cm³/mol. The summed E-state index contributed by atoms with van der Waals surface area (Å²) in [5.41, 5.74) is 10.8. The van der Waals surface area contributed by atoms with Gasteiger partial charge in [-0.1, -0.05) is 103 Å². The standard InChI is InChI=1S/C48H27N7/c1-51-43-23-22-39(28-42(43)48-53-46(35-8-4-2-5-9-35)52-47(54-48)36-10-6-3-7-11-36)55-44-24-20-37(33-16-12-31(29-49)13-17-33)26-40(44)41-27-38(21-25-45(41)55)34-18-14-32(30-50)15-19-34/h2-28H. The van der Waals surface area contributed by atoms with Crippen LogP contribution < -0.4 is 0 Å². The SMILES string of the molecule is [C-]#[N+]c1ccc(-n2c3ccc(-c4ccc(C#N)cc4)cc3c3cc(-c4ccc(C#N)cc4)ccc32)cc1-c1nc(-c2ccccc2)nc(-c2ccccc2)n1. The molecule has 0 fully saturated rings. The van der Waals surface area contributed by atoms with Crippen molar-refractivity contribution in [3.63, 3.8) is 0 Å². The van der Waals surface area contributed by atoms with Crippen molar-refractivity contribution in [2.24, 2.45) is 0 Å². The van der Waals surface area contributed by atoms with Gasteiger partial charge in [0, 0.05) is 33.2 Å². The normalized spacial score (nSPS) is 10.9. The molecule has 7 nitrogen and oxygen atoms in total. The smallest absolute Gasteiger partial charge is 0.198 e. The van der Waals surface area contributed by atoms with Gasteiger partial charge in [0.15, 0.2) is 23.2 Å². The van der Waals surface area contributed by atoms with Crippen molar-refractivity contribution in [2.45, 2.75) is 0 Å². The highest BCUT2D eigenvalue weighted by Gasteiger charge is 2.19. The summed E-state index contributed by atoms with van der Waals surface area (Å²) in [7, 11) is 0. The lowest BCUT2D eigenvalue weighted by Crippen LogP contribution is -2.01. The van der Waals surface area contributed by atoms with E-state index in [1.54, 1.807) is 0 Å². The summed E-state index contributed by atoms with van der Waals surface area (Å²) in [6, 6.07) is 57.8. The zero-order chi connectivity index (χ0) is 37.3. The fourth-order valence-corrected chi connectivity index (χ4v) is 7.00. The molecule has 2 heterocycles. The second-order valence-corrected chi connectivity index (χ2v) is 13.0. The number of benzene rings is 7. The molecule has 0 unspecified atom stereocenters. The largest absolute Gasteiger partial charge is 0.309 e. The number of aromatic nitrogens is 4. The van der Waals surface area contributed by atoms with Crippen LogP contribution >= 0.6 is 0 Å². The summed E-state index contributed by atoms with van der Waals surface area (Å²) in [4.78, 5) is 18.7. The number of rotatable bonds is 6. The van der Waals surface area contributed by atoms with Crippen LogP contribution in [0.25, 0.3) is 88.8 Å². The van der Waals surface area contributed by atoms with Gasteiger partial charge in [0.25, 0.3) is 0 Å². The van der Waals surface area contributed by atoms with Crippen LogP contribution in [0.15, 0.2) is 164 Å². The first kappa shape index (κ1) is 32.7. The van der Waals surface area contributed by atoms with Crippen molar-refractivity contribution < 1.29 is 0 Å². The van der Waals surface area contributed by atoms with Gasteiger partial charge < -0.3 is 4.57 Å². The van der Waals surface area contributed by atoms with Crippen LogP contribution in [-0.4, -0.2) is 19.5 Å². The summed E-state index contributed by atoms with van der Waals surface area (Å²) < 4.78 is 2.21. The zero-order valence-electron chi connectivity index (χ0n) is 29.2. The van der Waals surface area contributed by atoms with Gasteiger partial charge in [-0.05, 0) is 82.9 Å². The monoisotopic (exact) mass is 701 g/mol. The number of fused-ring (bicyclic) bond motifs is 3. The second-order valence-electron chi connectivity index (χ2n) is 13.0. The van der Waals surface area contributed by atoms with Crippen LogP contribution in [0.5, 0.6) is 0 Å². The second kappa shape index (κ2) is 13.7. The minimum Gasteiger partial charge on any atom is -0.309 e. The molecule has 55 heavy (non-hydrogen) atoms. The Morgan fingerprint density at radius 3 is 1.36 bits per heavy atom. The fraction of sp³-hybridized carbons (Fsp3) is 0. The Kier molecular flexibility index (Phi) is 8.18. The molecule has 0 atom stereocenters. The molecule has 2 aromatic heterocycles. The summed E-state index contributed by atoms with van der Waals surface area (Å²) in [5.74, 6) is 1.45. The Bertz CT molecular complexity index is 2860. The number of nitrogens with zero attached hydrogens (tertiary/aromatic N) is 7. The Morgan fingerprint density at radius 2 is 0.909 bits per heavy atom. The highest BCUT2D eigenvalue weighted by Crippen LogP contribution is 2.40. The van der Waals surface area contributed by atoms with E-state index in [9.17, 15) is 10.5 Å². The Hall–Kier alpha value is -8.18.